The molecule has 104 valence electrons. The monoisotopic (exact) mass is 243 g/mol. The van der Waals surface area contributed by atoms with E-state index in [-0.39, 0.29) is 0 Å². The van der Waals surface area contributed by atoms with E-state index in [0.29, 0.717) is 6.04 Å². The lowest BCUT2D eigenvalue weighted by molar-refractivity contribution is 0.237. The topological polar surface area (TPSA) is 18.5 Å². The predicted molar refractivity (Wildman–Crippen MR) is 77.7 cm³/mol. The molecule has 3 heteroatoms. The maximum atomic E-state index is 3.47. The van der Waals surface area contributed by atoms with E-state index < -0.39 is 0 Å². The minimum absolute atomic E-state index is 0.621. The molecule has 0 aliphatic rings. The average molecular weight is 243 g/mol. The van der Waals surface area contributed by atoms with Crippen molar-refractivity contribution in [2.75, 3.05) is 46.8 Å². The highest BCUT2D eigenvalue weighted by Gasteiger charge is 2.03. The molecular formula is C14H33N3. The zero-order valence-electron chi connectivity index (χ0n) is 12.6. The van der Waals surface area contributed by atoms with Crippen LogP contribution in [-0.2, 0) is 0 Å². The third-order valence-corrected chi connectivity index (χ3v) is 2.86. The fourth-order valence-electron chi connectivity index (χ4n) is 1.84. The van der Waals surface area contributed by atoms with Gasteiger partial charge < -0.3 is 15.1 Å². The summed E-state index contributed by atoms with van der Waals surface area (Å²) in [6, 6.07) is 0.621. The molecule has 0 aromatic heterocycles. The molecule has 0 saturated heterocycles. The Morgan fingerprint density at radius 1 is 0.941 bits per heavy atom. The van der Waals surface area contributed by atoms with Crippen LogP contribution in [0.3, 0.4) is 0 Å². The zero-order chi connectivity index (χ0) is 13.1. The number of nitrogens with zero attached hydrogens (tertiary/aromatic N) is 2. The fraction of sp³-hybridized carbons (Fsp3) is 1.00. The molecular weight excluding hydrogens is 210 g/mol. The fourth-order valence-corrected chi connectivity index (χ4v) is 1.84. The Morgan fingerprint density at radius 2 is 1.65 bits per heavy atom. The molecule has 0 unspecified atom stereocenters. The summed E-state index contributed by atoms with van der Waals surface area (Å²) in [6.45, 7) is 12.7. The van der Waals surface area contributed by atoms with Crippen molar-refractivity contribution in [3.05, 3.63) is 0 Å². The maximum Gasteiger partial charge on any atom is 0.0109 e. The molecule has 0 heterocycles. The van der Waals surface area contributed by atoms with Crippen LogP contribution in [0.5, 0.6) is 0 Å². The standard InChI is InChI=1S/C14H33N3/c1-6-10-17(13-12-16(4)5)11-8-7-9-15-14(2)3/h14-15H,6-13H2,1-5H3. The van der Waals surface area contributed by atoms with Gasteiger partial charge in [0, 0.05) is 19.1 Å². The van der Waals surface area contributed by atoms with Crippen molar-refractivity contribution in [2.45, 2.75) is 46.1 Å². The molecule has 0 saturated carbocycles. The third kappa shape index (κ3) is 12.1. The Morgan fingerprint density at radius 3 is 2.18 bits per heavy atom. The zero-order valence-corrected chi connectivity index (χ0v) is 12.6. The first-order valence-corrected chi connectivity index (χ1v) is 7.16. The van der Waals surface area contributed by atoms with E-state index in [4.69, 9.17) is 0 Å². The Hall–Kier alpha value is -0.120. The Balaban J connectivity index is 3.55. The summed E-state index contributed by atoms with van der Waals surface area (Å²) < 4.78 is 0. The number of hydrogen-bond acceptors (Lipinski definition) is 3. The molecule has 0 aromatic rings. The van der Waals surface area contributed by atoms with Gasteiger partial charge in [0.2, 0.25) is 0 Å². The molecule has 0 spiro atoms. The lowest BCUT2D eigenvalue weighted by atomic mass is 10.2. The van der Waals surface area contributed by atoms with Gasteiger partial charge in [0.25, 0.3) is 0 Å². The van der Waals surface area contributed by atoms with E-state index in [1.54, 1.807) is 0 Å². The first kappa shape index (κ1) is 16.9. The normalized spacial score (nSPS) is 12.0. The first-order valence-electron chi connectivity index (χ1n) is 7.16. The molecule has 0 bridgehead atoms. The third-order valence-electron chi connectivity index (χ3n) is 2.86. The molecule has 0 aromatic carbocycles. The Labute approximate surface area is 109 Å². The predicted octanol–water partition coefficient (Wildman–Crippen LogP) is 2.04. The van der Waals surface area contributed by atoms with Crippen molar-refractivity contribution in [3.63, 3.8) is 0 Å². The van der Waals surface area contributed by atoms with E-state index in [2.05, 4.69) is 50.0 Å². The van der Waals surface area contributed by atoms with Crippen molar-refractivity contribution >= 4 is 0 Å². The van der Waals surface area contributed by atoms with Crippen LogP contribution in [0.1, 0.15) is 40.0 Å². The SMILES string of the molecule is CCCN(CCCCNC(C)C)CCN(C)C. The highest BCUT2D eigenvalue weighted by Crippen LogP contribution is 1.97. The van der Waals surface area contributed by atoms with Crippen LogP contribution in [0.4, 0.5) is 0 Å². The summed E-state index contributed by atoms with van der Waals surface area (Å²) in [7, 11) is 4.30. The van der Waals surface area contributed by atoms with E-state index in [9.17, 15) is 0 Å². The van der Waals surface area contributed by atoms with Crippen molar-refractivity contribution in [2.24, 2.45) is 0 Å². The molecule has 3 nitrogen and oxygen atoms in total. The van der Waals surface area contributed by atoms with Gasteiger partial charge >= 0.3 is 0 Å². The quantitative estimate of drug-likeness (QED) is 0.560. The smallest absolute Gasteiger partial charge is 0.0109 e. The van der Waals surface area contributed by atoms with E-state index in [0.717, 1.165) is 6.54 Å². The van der Waals surface area contributed by atoms with Gasteiger partial charge in [-0.3, -0.25) is 0 Å². The second kappa shape index (κ2) is 11.0. The van der Waals surface area contributed by atoms with Gasteiger partial charge in [-0.2, -0.15) is 0 Å². The average Bonchev–Trinajstić information content (AvgIpc) is 2.24. The maximum absolute atomic E-state index is 3.47. The van der Waals surface area contributed by atoms with Gasteiger partial charge in [-0.1, -0.05) is 20.8 Å². The molecule has 17 heavy (non-hydrogen) atoms. The number of hydrogen-bond donors (Lipinski definition) is 1. The number of rotatable bonds is 11. The van der Waals surface area contributed by atoms with Crippen LogP contribution < -0.4 is 5.32 Å². The summed E-state index contributed by atoms with van der Waals surface area (Å²) in [4.78, 5) is 4.86. The molecule has 0 aliphatic carbocycles. The number of nitrogens with one attached hydrogen (secondary N) is 1. The van der Waals surface area contributed by atoms with E-state index in [1.807, 2.05) is 0 Å². The van der Waals surface area contributed by atoms with Gasteiger partial charge in [-0.25, -0.2) is 0 Å². The van der Waals surface area contributed by atoms with Crippen LogP contribution in [0.25, 0.3) is 0 Å². The molecule has 0 atom stereocenters. The minimum atomic E-state index is 0.621. The van der Waals surface area contributed by atoms with Crippen molar-refractivity contribution in [3.8, 4) is 0 Å². The van der Waals surface area contributed by atoms with E-state index in [1.165, 1.54) is 45.4 Å². The Kier molecular flexibility index (Phi) is 10.9. The van der Waals surface area contributed by atoms with Gasteiger partial charge in [-0.05, 0) is 53.0 Å². The molecule has 0 aliphatic heterocycles. The summed E-state index contributed by atoms with van der Waals surface area (Å²) in [5.41, 5.74) is 0. The van der Waals surface area contributed by atoms with Gasteiger partial charge in [-0.15, -0.1) is 0 Å². The van der Waals surface area contributed by atoms with Crippen LogP contribution in [0, 0.1) is 0 Å². The van der Waals surface area contributed by atoms with Crippen molar-refractivity contribution in [1.82, 2.24) is 15.1 Å². The lowest BCUT2D eigenvalue weighted by Crippen LogP contribution is -2.33. The van der Waals surface area contributed by atoms with Crippen molar-refractivity contribution < 1.29 is 0 Å². The minimum Gasteiger partial charge on any atom is -0.315 e. The highest BCUT2D eigenvalue weighted by atomic mass is 15.2. The van der Waals surface area contributed by atoms with Crippen LogP contribution in [-0.4, -0.2) is 62.7 Å². The van der Waals surface area contributed by atoms with Crippen LogP contribution in [0.15, 0.2) is 0 Å². The van der Waals surface area contributed by atoms with Crippen LogP contribution in [0.2, 0.25) is 0 Å². The number of likely N-dealkylation sites (N-methyl/N-ethyl adjacent to an activating group) is 1. The molecule has 1 N–H and O–H groups in total. The van der Waals surface area contributed by atoms with E-state index >= 15 is 0 Å². The second-order valence-electron chi connectivity index (χ2n) is 5.46. The first-order chi connectivity index (χ1) is 8.06. The summed E-state index contributed by atoms with van der Waals surface area (Å²) in [5.74, 6) is 0. The molecule has 0 fully saturated rings. The summed E-state index contributed by atoms with van der Waals surface area (Å²) in [5, 5.41) is 3.47. The highest BCUT2D eigenvalue weighted by molar-refractivity contribution is 4.61. The Bertz CT molecular complexity index is 158. The molecule has 0 amide bonds. The molecule has 0 rings (SSSR count). The number of unbranched alkanes of at least 4 members (excludes halogenated alkanes) is 1. The summed E-state index contributed by atoms with van der Waals surface area (Å²) in [6.07, 6.45) is 3.87. The second-order valence-corrected chi connectivity index (χ2v) is 5.46. The van der Waals surface area contributed by atoms with Gasteiger partial charge in [0.15, 0.2) is 0 Å². The van der Waals surface area contributed by atoms with Gasteiger partial charge in [0.05, 0.1) is 0 Å². The van der Waals surface area contributed by atoms with Crippen molar-refractivity contribution in [1.29, 1.82) is 0 Å². The van der Waals surface area contributed by atoms with Gasteiger partial charge in [0.1, 0.15) is 0 Å². The summed E-state index contributed by atoms with van der Waals surface area (Å²) >= 11 is 0. The molecule has 0 radical (unpaired) electrons. The largest absolute Gasteiger partial charge is 0.315 e. The lowest BCUT2D eigenvalue weighted by Gasteiger charge is -2.23. The van der Waals surface area contributed by atoms with Crippen LogP contribution >= 0.6 is 0 Å².